The highest BCUT2D eigenvalue weighted by atomic mass is 79.9. The van der Waals surface area contributed by atoms with Gasteiger partial charge in [-0.1, -0.05) is 43.6 Å². The van der Waals surface area contributed by atoms with Crippen LogP contribution in [0.15, 0.2) is 16.6 Å². The lowest BCUT2D eigenvalue weighted by Gasteiger charge is -2.14. The second kappa shape index (κ2) is 4.27. The molecule has 0 heterocycles. The van der Waals surface area contributed by atoms with E-state index in [1.165, 1.54) is 12.1 Å². The molecule has 1 aliphatic rings. The van der Waals surface area contributed by atoms with E-state index >= 15 is 0 Å². The maximum Gasteiger partial charge on any atom is 0.137 e. The highest BCUT2D eigenvalue weighted by Gasteiger charge is 2.67. The zero-order valence-corrected chi connectivity index (χ0v) is 14.0. The van der Waals surface area contributed by atoms with E-state index in [2.05, 4.69) is 59.6 Å². The summed E-state index contributed by atoms with van der Waals surface area (Å²) in [5.41, 5.74) is 0.647. The number of halogens is 4. The highest BCUT2D eigenvalue weighted by molar-refractivity contribution is 9.10. The fourth-order valence-electron chi connectivity index (χ4n) is 2.91. The van der Waals surface area contributed by atoms with Crippen molar-refractivity contribution in [2.24, 2.45) is 16.7 Å². The average Bonchev–Trinajstić information content (AvgIpc) is 2.62. The van der Waals surface area contributed by atoms with E-state index in [-0.39, 0.29) is 25.9 Å². The van der Waals surface area contributed by atoms with Crippen molar-refractivity contribution in [2.75, 3.05) is 0 Å². The molecule has 0 nitrogen and oxygen atoms in total. The zero-order chi connectivity index (χ0) is 13.9. The topological polar surface area (TPSA) is 0 Å². The number of hydrogen-bond acceptors (Lipinski definition) is 0. The molecule has 1 saturated carbocycles. The van der Waals surface area contributed by atoms with Crippen LogP contribution in [0.3, 0.4) is 0 Å². The maximum absolute atomic E-state index is 13.9. The molecule has 0 bridgehead atoms. The first-order valence-electron chi connectivity index (χ1n) is 5.89. The summed E-state index contributed by atoms with van der Waals surface area (Å²) >= 11 is 6.55. The summed E-state index contributed by atoms with van der Waals surface area (Å²) in [6.45, 7) is 8.66. The Kier molecular flexibility index (Phi) is 3.43. The molecule has 100 valence electrons. The third-order valence-electron chi connectivity index (χ3n) is 4.76. The minimum absolute atomic E-state index is 0.122. The van der Waals surface area contributed by atoms with Crippen LogP contribution in [0.25, 0.3) is 0 Å². The molecule has 0 aromatic heterocycles. The van der Waals surface area contributed by atoms with E-state index in [1.54, 1.807) is 0 Å². The second-order valence-corrected chi connectivity index (χ2v) is 7.95. The van der Waals surface area contributed by atoms with E-state index in [0.717, 1.165) is 0 Å². The smallest absolute Gasteiger partial charge is 0.137 e. The Morgan fingerprint density at radius 2 is 1.56 bits per heavy atom. The lowest BCUT2D eigenvalue weighted by atomic mass is 10.0. The van der Waals surface area contributed by atoms with Gasteiger partial charge in [0.1, 0.15) is 11.6 Å². The van der Waals surface area contributed by atoms with Crippen LogP contribution in [0.5, 0.6) is 0 Å². The van der Waals surface area contributed by atoms with Gasteiger partial charge >= 0.3 is 0 Å². The van der Waals surface area contributed by atoms with E-state index in [4.69, 9.17) is 0 Å². The zero-order valence-electron chi connectivity index (χ0n) is 10.8. The lowest BCUT2D eigenvalue weighted by Crippen LogP contribution is -2.03. The normalized spacial score (nSPS) is 22.9. The Bertz CT molecular complexity index is 481. The van der Waals surface area contributed by atoms with Gasteiger partial charge in [0.05, 0.1) is 4.47 Å². The Morgan fingerprint density at radius 3 is 2.00 bits per heavy atom. The summed E-state index contributed by atoms with van der Waals surface area (Å²) in [6, 6.07) is 2.48. The molecular weight excluding hydrogens is 366 g/mol. The first kappa shape index (κ1) is 14.4. The molecule has 0 aliphatic heterocycles. The van der Waals surface area contributed by atoms with Crippen molar-refractivity contribution >= 4 is 31.9 Å². The largest absolute Gasteiger partial charge is 0.207 e. The molecule has 1 unspecified atom stereocenters. The molecule has 0 saturated heterocycles. The van der Waals surface area contributed by atoms with E-state index in [1.807, 2.05) is 0 Å². The molecule has 0 amide bonds. The van der Waals surface area contributed by atoms with Gasteiger partial charge in [-0.05, 0) is 44.8 Å². The van der Waals surface area contributed by atoms with Crippen LogP contribution in [-0.2, 0) is 0 Å². The fourth-order valence-corrected chi connectivity index (χ4v) is 4.90. The van der Waals surface area contributed by atoms with Crippen molar-refractivity contribution in [3.8, 4) is 0 Å². The van der Waals surface area contributed by atoms with Crippen LogP contribution in [0, 0.1) is 28.4 Å². The summed E-state index contributed by atoms with van der Waals surface area (Å²) in [5.74, 6) is -0.504. The van der Waals surface area contributed by atoms with Crippen molar-refractivity contribution < 1.29 is 8.78 Å². The van der Waals surface area contributed by atoms with Crippen LogP contribution >= 0.6 is 31.9 Å². The molecule has 0 radical (unpaired) electrons. The van der Waals surface area contributed by atoms with Crippen LogP contribution in [0.2, 0.25) is 0 Å². The van der Waals surface area contributed by atoms with E-state index < -0.39 is 5.82 Å². The number of hydrogen-bond donors (Lipinski definition) is 0. The summed E-state index contributed by atoms with van der Waals surface area (Å²) in [5, 5.41) is 0. The van der Waals surface area contributed by atoms with Crippen molar-refractivity contribution in [1.29, 1.82) is 0 Å². The molecule has 0 N–H and O–H groups in total. The van der Waals surface area contributed by atoms with Crippen molar-refractivity contribution in [3.05, 3.63) is 33.8 Å². The summed E-state index contributed by atoms with van der Waals surface area (Å²) in [4.78, 5) is -0.162. The molecular formula is C14H16Br2F2. The predicted octanol–water partition coefficient (Wildman–Crippen LogP) is 5.85. The van der Waals surface area contributed by atoms with E-state index in [9.17, 15) is 8.78 Å². The molecule has 18 heavy (non-hydrogen) atoms. The van der Waals surface area contributed by atoms with Crippen LogP contribution in [-0.4, -0.2) is 0 Å². The minimum atomic E-state index is -0.424. The lowest BCUT2D eigenvalue weighted by molar-refractivity contribution is 0.457. The third-order valence-corrected chi connectivity index (χ3v) is 6.39. The van der Waals surface area contributed by atoms with Crippen LogP contribution in [0.4, 0.5) is 8.78 Å². The summed E-state index contributed by atoms with van der Waals surface area (Å²) < 4.78 is 27.7. The van der Waals surface area contributed by atoms with Gasteiger partial charge in [0, 0.05) is 10.4 Å². The molecule has 2 rings (SSSR count). The maximum atomic E-state index is 13.9. The Hall–Kier alpha value is 0.0400. The van der Waals surface area contributed by atoms with Crippen LogP contribution in [0.1, 0.15) is 38.1 Å². The van der Waals surface area contributed by atoms with Crippen LogP contribution < -0.4 is 0 Å². The molecule has 1 aliphatic carbocycles. The Morgan fingerprint density at radius 1 is 1.06 bits per heavy atom. The standard InChI is InChI=1S/C14H16Br2F2/c1-13(2)12(14(13,3)4)11(16)7-5-10(18)8(15)6-9(7)17/h5-6,11-12H,1-4H3. The Labute approximate surface area is 123 Å². The number of benzene rings is 1. The SMILES string of the molecule is CC1(C)C(C(Br)c2cc(F)c(Br)cc2F)C1(C)C. The predicted molar refractivity (Wildman–Crippen MR) is 76.8 cm³/mol. The quantitative estimate of drug-likeness (QED) is 0.445. The van der Waals surface area contributed by atoms with Crippen molar-refractivity contribution in [2.45, 2.75) is 32.5 Å². The summed E-state index contributed by atoms with van der Waals surface area (Å²) in [6.07, 6.45) is 0. The van der Waals surface area contributed by atoms with Gasteiger partial charge in [-0.25, -0.2) is 8.78 Å². The van der Waals surface area contributed by atoms with Crippen molar-refractivity contribution in [3.63, 3.8) is 0 Å². The van der Waals surface area contributed by atoms with E-state index in [0.29, 0.717) is 11.5 Å². The first-order chi connectivity index (χ1) is 8.10. The second-order valence-electron chi connectivity index (χ2n) is 6.11. The number of rotatable bonds is 2. The van der Waals surface area contributed by atoms with Gasteiger partial charge in [0.2, 0.25) is 0 Å². The van der Waals surface area contributed by atoms with Crippen molar-refractivity contribution in [1.82, 2.24) is 0 Å². The Balaban J connectivity index is 2.37. The monoisotopic (exact) mass is 380 g/mol. The minimum Gasteiger partial charge on any atom is -0.207 e. The van der Waals surface area contributed by atoms with Gasteiger partial charge in [-0.15, -0.1) is 0 Å². The fraction of sp³-hybridized carbons (Fsp3) is 0.571. The highest BCUT2D eigenvalue weighted by Crippen LogP contribution is 2.74. The van der Waals surface area contributed by atoms with Gasteiger partial charge in [-0.2, -0.15) is 0 Å². The summed E-state index contributed by atoms with van der Waals surface area (Å²) in [7, 11) is 0. The third kappa shape index (κ3) is 1.96. The molecule has 4 heteroatoms. The molecule has 1 fully saturated rings. The van der Waals surface area contributed by atoms with Gasteiger partial charge in [0.15, 0.2) is 0 Å². The van der Waals surface area contributed by atoms with Gasteiger partial charge < -0.3 is 0 Å². The molecule has 0 spiro atoms. The molecule has 1 aromatic carbocycles. The average molecular weight is 382 g/mol. The van der Waals surface area contributed by atoms with Gasteiger partial charge in [0.25, 0.3) is 0 Å². The number of alkyl halides is 1. The molecule has 1 atom stereocenters. The van der Waals surface area contributed by atoms with Gasteiger partial charge in [-0.3, -0.25) is 0 Å². The molecule has 1 aromatic rings. The first-order valence-corrected chi connectivity index (χ1v) is 7.60.